The van der Waals surface area contributed by atoms with E-state index in [1.54, 1.807) is 12.1 Å². The van der Waals surface area contributed by atoms with Gasteiger partial charge in [0.05, 0.1) is 4.92 Å². The molecule has 1 aromatic rings. The molecule has 0 aliphatic rings. The lowest BCUT2D eigenvalue weighted by atomic mass is 10.2. The smallest absolute Gasteiger partial charge is 0.258 e. The monoisotopic (exact) mass is 245 g/mol. The molecule has 0 aliphatic carbocycles. The van der Waals surface area contributed by atoms with E-state index in [1.165, 1.54) is 6.07 Å². The predicted molar refractivity (Wildman–Crippen MR) is 57.1 cm³/mol. The van der Waals surface area contributed by atoms with E-state index in [-0.39, 0.29) is 5.69 Å². The van der Waals surface area contributed by atoms with Crippen molar-refractivity contribution in [1.29, 1.82) is 0 Å². The molecule has 1 rings (SSSR count). The van der Waals surface area contributed by atoms with E-state index in [0.717, 1.165) is 5.56 Å². The quantitative estimate of drug-likeness (QED) is 0.455. The molecule has 0 amide bonds. The molecule has 13 heavy (non-hydrogen) atoms. The standard InChI is InChI=1S/C7H6BrNO2.C2H6/c8-5-6-2-1-3-7(4-6)9(10)11;1-2/h1-4H,5H2;1-2H3. The van der Waals surface area contributed by atoms with Crippen LogP contribution in [-0.2, 0) is 5.33 Å². The summed E-state index contributed by atoms with van der Waals surface area (Å²) in [7, 11) is 0. The molecule has 0 N–H and O–H groups in total. The molecule has 0 aliphatic heterocycles. The summed E-state index contributed by atoms with van der Waals surface area (Å²) in [5, 5.41) is 10.9. The Labute approximate surface area is 86.1 Å². The zero-order valence-electron chi connectivity index (χ0n) is 7.66. The maximum Gasteiger partial charge on any atom is 0.269 e. The highest BCUT2D eigenvalue weighted by Gasteiger charge is 2.03. The fraction of sp³-hybridized carbons (Fsp3) is 0.333. The van der Waals surface area contributed by atoms with Gasteiger partial charge >= 0.3 is 0 Å². The predicted octanol–water partition coefficient (Wildman–Crippen LogP) is 3.52. The average molecular weight is 246 g/mol. The van der Waals surface area contributed by atoms with Crippen LogP contribution >= 0.6 is 15.9 Å². The molecule has 72 valence electrons. The first-order valence-electron chi connectivity index (χ1n) is 4.03. The van der Waals surface area contributed by atoms with Gasteiger partial charge in [-0.2, -0.15) is 0 Å². The van der Waals surface area contributed by atoms with E-state index in [2.05, 4.69) is 15.9 Å². The van der Waals surface area contributed by atoms with E-state index < -0.39 is 4.92 Å². The maximum atomic E-state index is 10.3. The van der Waals surface area contributed by atoms with Gasteiger partial charge in [-0.25, -0.2) is 0 Å². The normalized spacial score (nSPS) is 8.54. The Hall–Kier alpha value is -0.900. The first-order chi connectivity index (χ1) is 6.24. The lowest BCUT2D eigenvalue weighted by Gasteiger charge is -1.93. The molecule has 0 heterocycles. The molecule has 0 fully saturated rings. The molecular weight excluding hydrogens is 234 g/mol. The van der Waals surface area contributed by atoms with Crippen LogP contribution in [0.15, 0.2) is 24.3 Å². The number of non-ortho nitro benzene ring substituents is 1. The summed E-state index contributed by atoms with van der Waals surface area (Å²) in [6.45, 7) is 4.00. The lowest BCUT2D eigenvalue weighted by molar-refractivity contribution is -0.384. The molecule has 3 nitrogen and oxygen atoms in total. The van der Waals surface area contributed by atoms with E-state index in [4.69, 9.17) is 0 Å². The molecule has 0 saturated carbocycles. The van der Waals surface area contributed by atoms with E-state index in [1.807, 2.05) is 19.9 Å². The minimum atomic E-state index is -0.397. The molecule has 0 aromatic heterocycles. The third kappa shape index (κ3) is 4.03. The average Bonchev–Trinajstić information content (AvgIpc) is 2.21. The minimum Gasteiger partial charge on any atom is -0.258 e. The van der Waals surface area contributed by atoms with Gasteiger partial charge in [-0.15, -0.1) is 0 Å². The van der Waals surface area contributed by atoms with Crippen LogP contribution < -0.4 is 0 Å². The van der Waals surface area contributed by atoms with Crippen molar-refractivity contribution in [2.75, 3.05) is 0 Å². The number of hydrogen-bond donors (Lipinski definition) is 0. The van der Waals surface area contributed by atoms with Crippen LogP contribution in [0.5, 0.6) is 0 Å². The Kier molecular flexibility index (Phi) is 6.14. The first kappa shape index (κ1) is 12.1. The molecule has 0 bridgehead atoms. The zero-order valence-corrected chi connectivity index (χ0v) is 9.24. The van der Waals surface area contributed by atoms with Crippen LogP contribution in [0.3, 0.4) is 0 Å². The van der Waals surface area contributed by atoms with Crippen molar-refractivity contribution in [2.45, 2.75) is 19.2 Å². The number of rotatable bonds is 2. The summed E-state index contributed by atoms with van der Waals surface area (Å²) in [5.74, 6) is 0. The van der Waals surface area contributed by atoms with Gasteiger partial charge < -0.3 is 0 Å². The minimum absolute atomic E-state index is 0.141. The molecule has 0 radical (unpaired) electrons. The highest BCUT2D eigenvalue weighted by molar-refractivity contribution is 9.08. The number of hydrogen-bond acceptors (Lipinski definition) is 2. The summed E-state index contributed by atoms with van der Waals surface area (Å²) in [4.78, 5) is 9.86. The summed E-state index contributed by atoms with van der Waals surface area (Å²) >= 11 is 3.22. The molecule has 0 saturated heterocycles. The van der Waals surface area contributed by atoms with Crippen molar-refractivity contribution in [1.82, 2.24) is 0 Å². The molecular formula is C9H12BrNO2. The zero-order chi connectivity index (χ0) is 10.3. The fourth-order valence-electron chi connectivity index (χ4n) is 0.753. The Morgan fingerprint density at radius 3 is 2.54 bits per heavy atom. The molecule has 0 atom stereocenters. The number of nitro groups is 1. The second-order valence-corrected chi connectivity index (χ2v) is 2.62. The molecule has 1 aromatic carbocycles. The Morgan fingerprint density at radius 1 is 1.46 bits per heavy atom. The van der Waals surface area contributed by atoms with Gasteiger partial charge in [-0.05, 0) is 5.56 Å². The molecule has 0 unspecified atom stereocenters. The van der Waals surface area contributed by atoms with Gasteiger partial charge in [-0.3, -0.25) is 10.1 Å². The van der Waals surface area contributed by atoms with Crippen molar-refractivity contribution >= 4 is 21.6 Å². The van der Waals surface area contributed by atoms with Gasteiger partial charge in [0.2, 0.25) is 0 Å². The number of nitrogens with zero attached hydrogens (tertiary/aromatic N) is 1. The third-order valence-electron chi connectivity index (χ3n) is 1.28. The van der Waals surface area contributed by atoms with Gasteiger partial charge in [0.15, 0.2) is 0 Å². The summed E-state index contributed by atoms with van der Waals surface area (Å²) in [6.07, 6.45) is 0. The van der Waals surface area contributed by atoms with Crippen LogP contribution in [0.25, 0.3) is 0 Å². The largest absolute Gasteiger partial charge is 0.269 e. The SMILES string of the molecule is CC.O=[N+]([O-])c1cccc(CBr)c1. The van der Waals surface area contributed by atoms with E-state index in [0.29, 0.717) is 5.33 Å². The Morgan fingerprint density at radius 2 is 2.08 bits per heavy atom. The number of benzene rings is 1. The second-order valence-electron chi connectivity index (χ2n) is 2.06. The second kappa shape index (κ2) is 6.60. The van der Waals surface area contributed by atoms with Gasteiger partial charge in [0, 0.05) is 17.5 Å². The molecule has 4 heteroatoms. The van der Waals surface area contributed by atoms with E-state index >= 15 is 0 Å². The lowest BCUT2D eigenvalue weighted by Crippen LogP contribution is -1.88. The van der Waals surface area contributed by atoms with Gasteiger partial charge in [0.25, 0.3) is 5.69 Å². The first-order valence-corrected chi connectivity index (χ1v) is 5.15. The van der Waals surface area contributed by atoms with Crippen molar-refractivity contribution in [3.8, 4) is 0 Å². The molecule has 0 spiro atoms. The van der Waals surface area contributed by atoms with Gasteiger partial charge in [-0.1, -0.05) is 41.9 Å². The Balaban J connectivity index is 0.000000671. The number of nitro benzene ring substituents is 1. The van der Waals surface area contributed by atoms with Crippen molar-refractivity contribution in [2.24, 2.45) is 0 Å². The topological polar surface area (TPSA) is 43.1 Å². The van der Waals surface area contributed by atoms with Crippen LogP contribution in [0.1, 0.15) is 19.4 Å². The summed E-state index contributed by atoms with van der Waals surface area (Å²) in [5.41, 5.74) is 1.06. The van der Waals surface area contributed by atoms with Crippen molar-refractivity contribution < 1.29 is 4.92 Å². The Bertz CT molecular complexity index is 276. The third-order valence-corrected chi connectivity index (χ3v) is 1.92. The van der Waals surface area contributed by atoms with Crippen LogP contribution in [0.4, 0.5) is 5.69 Å². The van der Waals surface area contributed by atoms with Crippen molar-refractivity contribution in [3.63, 3.8) is 0 Å². The van der Waals surface area contributed by atoms with Crippen molar-refractivity contribution in [3.05, 3.63) is 39.9 Å². The van der Waals surface area contributed by atoms with E-state index in [9.17, 15) is 10.1 Å². The highest BCUT2D eigenvalue weighted by atomic mass is 79.9. The highest BCUT2D eigenvalue weighted by Crippen LogP contribution is 2.14. The van der Waals surface area contributed by atoms with Crippen LogP contribution in [0, 0.1) is 10.1 Å². The maximum absolute atomic E-state index is 10.3. The number of alkyl halides is 1. The van der Waals surface area contributed by atoms with Crippen LogP contribution in [-0.4, -0.2) is 4.92 Å². The van der Waals surface area contributed by atoms with Crippen LogP contribution in [0.2, 0.25) is 0 Å². The fourth-order valence-corrected chi connectivity index (χ4v) is 1.10. The summed E-state index contributed by atoms with van der Waals surface area (Å²) in [6, 6.07) is 6.54. The van der Waals surface area contributed by atoms with Gasteiger partial charge in [0.1, 0.15) is 0 Å². The number of halogens is 1. The summed E-state index contributed by atoms with van der Waals surface area (Å²) < 4.78 is 0.